The van der Waals surface area contributed by atoms with Crippen LogP contribution in [0.25, 0.3) is 0 Å². The molecule has 0 N–H and O–H groups in total. The fourth-order valence-corrected chi connectivity index (χ4v) is 1.74. The molecule has 0 fully saturated rings. The van der Waals surface area contributed by atoms with E-state index < -0.39 is 0 Å². The molecule has 0 aliphatic rings. The SMILES string of the molecule is CCCN(Cc1ccccc1)C(=O)COC(C)(C)C. The predicted octanol–water partition coefficient (Wildman–Crippen LogP) is 3.24. The number of carbonyl (C=O) groups is 1. The summed E-state index contributed by atoms with van der Waals surface area (Å²) in [5, 5.41) is 0. The molecule has 0 aliphatic carbocycles. The summed E-state index contributed by atoms with van der Waals surface area (Å²) in [6, 6.07) is 10.1. The van der Waals surface area contributed by atoms with Crippen LogP contribution in [0.4, 0.5) is 0 Å². The zero-order valence-electron chi connectivity index (χ0n) is 12.5. The van der Waals surface area contributed by atoms with Crippen molar-refractivity contribution in [1.29, 1.82) is 0 Å². The van der Waals surface area contributed by atoms with Crippen LogP contribution in [0.5, 0.6) is 0 Å². The molecule has 1 amide bonds. The molecule has 0 saturated carbocycles. The average molecular weight is 263 g/mol. The van der Waals surface area contributed by atoms with Gasteiger partial charge in [-0.1, -0.05) is 37.3 Å². The highest BCUT2D eigenvalue weighted by Crippen LogP contribution is 2.09. The molecule has 0 bridgehead atoms. The van der Waals surface area contributed by atoms with E-state index >= 15 is 0 Å². The number of hydrogen-bond acceptors (Lipinski definition) is 2. The Labute approximate surface area is 116 Å². The molecule has 3 heteroatoms. The maximum absolute atomic E-state index is 12.2. The fraction of sp³-hybridized carbons (Fsp3) is 0.562. The lowest BCUT2D eigenvalue weighted by Gasteiger charge is -2.25. The van der Waals surface area contributed by atoms with Crippen molar-refractivity contribution in [2.75, 3.05) is 13.2 Å². The summed E-state index contributed by atoms with van der Waals surface area (Å²) in [7, 11) is 0. The van der Waals surface area contributed by atoms with Gasteiger partial charge in [-0.05, 0) is 32.8 Å². The molecule has 19 heavy (non-hydrogen) atoms. The Morgan fingerprint density at radius 1 is 1.21 bits per heavy atom. The molecule has 0 saturated heterocycles. The first-order chi connectivity index (χ1) is 8.92. The highest BCUT2D eigenvalue weighted by molar-refractivity contribution is 5.77. The molecular weight excluding hydrogens is 238 g/mol. The number of nitrogens with zero attached hydrogens (tertiary/aromatic N) is 1. The average Bonchev–Trinajstić information content (AvgIpc) is 2.36. The summed E-state index contributed by atoms with van der Waals surface area (Å²) in [6.07, 6.45) is 0.952. The zero-order valence-corrected chi connectivity index (χ0v) is 12.5. The predicted molar refractivity (Wildman–Crippen MR) is 77.9 cm³/mol. The summed E-state index contributed by atoms with van der Waals surface area (Å²) in [6.45, 7) is 9.53. The van der Waals surface area contributed by atoms with Crippen LogP contribution >= 0.6 is 0 Å². The summed E-state index contributed by atoms with van der Waals surface area (Å²) in [5.74, 6) is 0.0561. The first-order valence-corrected chi connectivity index (χ1v) is 6.88. The van der Waals surface area contributed by atoms with Crippen molar-refractivity contribution in [1.82, 2.24) is 4.90 Å². The van der Waals surface area contributed by atoms with E-state index in [9.17, 15) is 4.79 Å². The van der Waals surface area contributed by atoms with Gasteiger partial charge >= 0.3 is 0 Å². The van der Waals surface area contributed by atoms with E-state index in [4.69, 9.17) is 4.74 Å². The Balaban J connectivity index is 2.59. The smallest absolute Gasteiger partial charge is 0.248 e. The number of hydrogen-bond donors (Lipinski definition) is 0. The van der Waals surface area contributed by atoms with Crippen LogP contribution in [0.15, 0.2) is 30.3 Å². The first-order valence-electron chi connectivity index (χ1n) is 6.88. The molecule has 0 unspecified atom stereocenters. The topological polar surface area (TPSA) is 29.5 Å². The minimum absolute atomic E-state index is 0.0561. The molecule has 1 aromatic carbocycles. The number of ether oxygens (including phenoxy) is 1. The van der Waals surface area contributed by atoms with Gasteiger partial charge in [0.25, 0.3) is 0 Å². The van der Waals surface area contributed by atoms with Gasteiger partial charge in [-0.3, -0.25) is 4.79 Å². The van der Waals surface area contributed by atoms with Crippen LogP contribution in [0, 0.1) is 0 Å². The normalized spacial score (nSPS) is 11.4. The molecule has 1 aromatic rings. The lowest BCUT2D eigenvalue weighted by atomic mass is 10.2. The molecule has 0 radical (unpaired) electrons. The van der Waals surface area contributed by atoms with Crippen molar-refractivity contribution in [2.45, 2.75) is 46.3 Å². The van der Waals surface area contributed by atoms with Gasteiger partial charge in [0.2, 0.25) is 5.91 Å². The van der Waals surface area contributed by atoms with Crippen LogP contribution in [0.1, 0.15) is 39.7 Å². The van der Waals surface area contributed by atoms with Gasteiger partial charge in [-0.25, -0.2) is 0 Å². The second kappa shape index (κ2) is 7.29. The van der Waals surface area contributed by atoms with E-state index in [1.807, 2.05) is 56.0 Å². The van der Waals surface area contributed by atoms with E-state index in [-0.39, 0.29) is 18.1 Å². The van der Waals surface area contributed by atoms with Crippen molar-refractivity contribution in [3.63, 3.8) is 0 Å². The molecule has 1 rings (SSSR count). The van der Waals surface area contributed by atoms with Gasteiger partial charge in [-0.15, -0.1) is 0 Å². The largest absolute Gasteiger partial charge is 0.366 e. The molecule has 0 aliphatic heterocycles. The first kappa shape index (κ1) is 15.7. The third-order valence-electron chi connectivity index (χ3n) is 2.69. The minimum atomic E-state index is -0.277. The molecule has 0 atom stereocenters. The quantitative estimate of drug-likeness (QED) is 0.788. The summed E-state index contributed by atoms with van der Waals surface area (Å²) in [4.78, 5) is 14.0. The Morgan fingerprint density at radius 2 is 1.84 bits per heavy atom. The summed E-state index contributed by atoms with van der Waals surface area (Å²) < 4.78 is 5.56. The van der Waals surface area contributed by atoms with Crippen LogP contribution < -0.4 is 0 Å². The van der Waals surface area contributed by atoms with E-state index in [0.717, 1.165) is 18.5 Å². The van der Waals surface area contributed by atoms with Crippen LogP contribution in [0.2, 0.25) is 0 Å². The van der Waals surface area contributed by atoms with E-state index in [1.165, 1.54) is 0 Å². The molecular formula is C16H25NO2. The Hall–Kier alpha value is -1.35. The van der Waals surface area contributed by atoms with Crippen LogP contribution in [0.3, 0.4) is 0 Å². The highest BCUT2D eigenvalue weighted by Gasteiger charge is 2.17. The van der Waals surface area contributed by atoms with Gasteiger partial charge in [-0.2, -0.15) is 0 Å². The standard InChI is InChI=1S/C16H25NO2/c1-5-11-17(12-14-9-7-6-8-10-14)15(18)13-19-16(2,3)4/h6-10H,5,11-13H2,1-4H3. The number of amides is 1. The Morgan fingerprint density at radius 3 is 2.37 bits per heavy atom. The second-order valence-corrected chi connectivity index (χ2v) is 5.70. The summed E-state index contributed by atoms with van der Waals surface area (Å²) >= 11 is 0. The van der Waals surface area contributed by atoms with Gasteiger partial charge in [0, 0.05) is 13.1 Å². The number of carbonyl (C=O) groups excluding carboxylic acids is 1. The van der Waals surface area contributed by atoms with Crippen molar-refractivity contribution < 1.29 is 9.53 Å². The van der Waals surface area contributed by atoms with E-state index in [1.54, 1.807) is 0 Å². The van der Waals surface area contributed by atoms with Crippen molar-refractivity contribution >= 4 is 5.91 Å². The molecule has 3 nitrogen and oxygen atoms in total. The molecule has 0 heterocycles. The highest BCUT2D eigenvalue weighted by atomic mass is 16.5. The van der Waals surface area contributed by atoms with E-state index in [2.05, 4.69) is 6.92 Å². The summed E-state index contributed by atoms with van der Waals surface area (Å²) in [5.41, 5.74) is 0.875. The third-order valence-corrected chi connectivity index (χ3v) is 2.69. The minimum Gasteiger partial charge on any atom is -0.366 e. The van der Waals surface area contributed by atoms with Gasteiger partial charge in [0.05, 0.1) is 5.60 Å². The van der Waals surface area contributed by atoms with Crippen molar-refractivity contribution in [2.24, 2.45) is 0 Å². The Bertz CT molecular complexity index is 381. The van der Waals surface area contributed by atoms with Crippen molar-refractivity contribution in [3.8, 4) is 0 Å². The zero-order chi connectivity index (χ0) is 14.3. The fourth-order valence-electron chi connectivity index (χ4n) is 1.74. The lowest BCUT2D eigenvalue weighted by molar-refractivity contribution is -0.141. The van der Waals surface area contributed by atoms with Crippen LogP contribution in [-0.2, 0) is 16.1 Å². The number of benzene rings is 1. The van der Waals surface area contributed by atoms with Gasteiger partial charge in [0.15, 0.2) is 0 Å². The number of rotatable bonds is 6. The molecule has 0 spiro atoms. The second-order valence-electron chi connectivity index (χ2n) is 5.70. The van der Waals surface area contributed by atoms with Gasteiger partial charge < -0.3 is 9.64 Å². The lowest BCUT2D eigenvalue weighted by Crippen LogP contribution is -2.36. The monoisotopic (exact) mass is 263 g/mol. The van der Waals surface area contributed by atoms with Gasteiger partial charge in [0.1, 0.15) is 6.61 Å². The maximum Gasteiger partial charge on any atom is 0.248 e. The van der Waals surface area contributed by atoms with Crippen molar-refractivity contribution in [3.05, 3.63) is 35.9 Å². The van der Waals surface area contributed by atoms with Crippen LogP contribution in [-0.4, -0.2) is 29.6 Å². The molecule has 0 aromatic heterocycles. The Kier molecular flexibility index (Phi) is 6.03. The molecule has 106 valence electrons. The van der Waals surface area contributed by atoms with E-state index in [0.29, 0.717) is 6.54 Å². The third kappa shape index (κ3) is 6.39. The maximum atomic E-state index is 12.2.